The molecule has 0 aliphatic carbocycles. The summed E-state index contributed by atoms with van der Waals surface area (Å²) in [5.74, 6) is 0.0127. The van der Waals surface area contributed by atoms with Gasteiger partial charge in [0, 0.05) is 25.6 Å². The molecule has 0 heterocycles. The molecule has 0 aliphatic heterocycles. The van der Waals surface area contributed by atoms with Crippen LogP contribution in [-0.4, -0.2) is 31.3 Å². The normalized spacial score (nSPS) is 10.1. The van der Waals surface area contributed by atoms with Crippen LogP contribution >= 0.6 is 0 Å². The molecule has 1 rings (SSSR count). The molecular weight excluding hydrogens is 228 g/mol. The number of Topliss-reactive ketones (excluding diaryl/α,β-unsaturated/α-hetero) is 1. The number of amides is 1. The summed E-state index contributed by atoms with van der Waals surface area (Å²) >= 11 is 0. The number of benzene rings is 1. The van der Waals surface area contributed by atoms with E-state index < -0.39 is 0 Å². The van der Waals surface area contributed by atoms with Crippen molar-refractivity contribution in [2.75, 3.05) is 19.6 Å². The van der Waals surface area contributed by atoms with E-state index in [1.54, 1.807) is 0 Å². The molecule has 0 unspecified atom stereocenters. The zero-order valence-corrected chi connectivity index (χ0v) is 11.0. The summed E-state index contributed by atoms with van der Waals surface area (Å²) in [7, 11) is 0. The van der Waals surface area contributed by atoms with Gasteiger partial charge in [-0.25, -0.2) is 0 Å². The Labute approximate surface area is 108 Å². The predicted octanol–water partition coefficient (Wildman–Crippen LogP) is 1.16. The van der Waals surface area contributed by atoms with Crippen molar-refractivity contribution in [3.8, 4) is 0 Å². The van der Waals surface area contributed by atoms with Crippen LogP contribution in [0.2, 0.25) is 0 Å². The van der Waals surface area contributed by atoms with Crippen LogP contribution in [0.3, 0.4) is 0 Å². The molecule has 98 valence electrons. The van der Waals surface area contributed by atoms with Gasteiger partial charge in [0.1, 0.15) is 0 Å². The molecule has 18 heavy (non-hydrogen) atoms. The molecule has 0 saturated carbocycles. The van der Waals surface area contributed by atoms with Crippen LogP contribution in [0.1, 0.15) is 29.8 Å². The molecular formula is C14H20N2O2. The van der Waals surface area contributed by atoms with Crippen LogP contribution in [0.5, 0.6) is 0 Å². The fourth-order valence-electron chi connectivity index (χ4n) is 1.56. The number of carbonyl (C=O) groups is 2. The minimum absolute atomic E-state index is 0.0571. The van der Waals surface area contributed by atoms with E-state index in [-0.39, 0.29) is 11.7 Å². The minimum atomic E-state index is -0.0571. The van der Waals surface area contributed by atoms with Crippen molar-refractivity contribution in [3.05, 3.63) is 35.4 Å². The van der Waals surface area contributed by atoms with Crippen LogP contribution in [0.15, 0.2) is 24.3 Å². The lowest BCUT2D eigenvalue weighted by Crippen LogP contribution is -2.32. The Morgan fingerprint density at radius 2 is 1.78 bits per heavy atom. The number of carbonyl (C=O) groups excluding carboxylic acids is 2. The van der Waals surface area contributed by atoms with E-state index in [0.717, 1.165) is 12.0 Å². The van der Waals surface area contributed by atoms with Crippen molar-refractivity contribution in [1.82, 2.24) is 10.6 Å². The number of hydrogen-bond acceptors (Lipinski definition) is 3. The van der Waals surface area contributed by atoms with Crippen LogP contribution in [-0.2, 0) is 11.2 Å². The Morgan fingerprint density at radius 3 is 2.33 bits per heavy atom. The third-order valence-electron chi connectivity index (χ3n) is 2.65. The standard InChI is InChI=1S/C14H20N2O2/c1-3-12-4-6-13(7-5-12)14(18)10-15-8-9-16-11(2)17/h4-7,15H,3,8-10H2,1-2H3,(H,16,17). The first-order valence-corrected chi connectivity index (χ1v) is 6.20. The van der Waals surface area contributed by atoms with Gasteiger partial charge in [-0.3, -0.25) is 9.59 Å². The SMILES string of the molecule is CCc1ccc(C(=O)CNCCNC(C)=O)cc1. The Bertz CT molecular complexity index is 399. The second kappa shape index (κ2) is 7.61. The van der Waals surface area contributed by atoms with E-state index in [2.05, 4.69) is 17.6 Å². The van der Waals surface area contributed by atoms with Gasteiger partial charge in [-0.1, -0.05) is 31.2 Å². The average Bonchev–Trinajstić information content (AvgIpc) is 2.38. The summed E-state index contributed by atoms with van der Waals surface area (Å²) in [5, 5.41) is 5.66. The van der Waals surface area contributed by atoms with E-state index in [9.17, 15) is 9.59 Å². The first kappa shape index (κ1) is 14.4. The van der Waals surface area contributed by atoms with Gasteiger partial charge in [0.2, 0.25) is 5.91 Å². The summed E-state index contributed by atoms with van der Waals surface area (Å²) in [5.41, 5.74) is 1.95. The number of hydrogen-bond donors (Lipinski definition) is 2. The molecule has 4 heteroatoms. The van der Waals surface area contributed by atoms with Crippen molar-refractivity contribution in [3.63, 3.8) is 0 Å². The Morgan fingerprint density at radius 1 is 1.11 bits per heavy atom. The molecule has 0 spiro atoms. The van der Waals surface area contributed by atoms with Gasteiger partial charge in [0.25, 0.3) is 0 Å². The van der Waals surface area contributed by atoms with E-state index >= 15 is 0 Å². The van der Waals surface area contributed by atoms with Gasteiger partial charge in [-0.2, -0.15) is 0 Å². The maximum Gasteiger partial charge on any atom is 0.216 e. The highest BCUT2D eigenvalue weighted by molar-refractivity contribution is 5.97. The lowest BCUT2D eigenvalue weighted by atomic mass is 10.1. The quantitative estimate of drug-likeness (QED) is 0.562. The Kier molecular flexibility index (Phi) is 6.08. The topological polar surface area (TPSA) is 58.2 Å². The number of rotatable bonds is 7. The fraction of sp³-hybridized carbons (Fsp3) is 0.429. The molecule has 1 aromatic rings. The van der Waals surface area contributed by atoms with Gasteiger partial charge in [-0.15, -0.1) is 0 Å². The molecule has 0 saturated heterocycles. The lowest BCUT2D eigenvalue weighted by molar-refractivity contribution is -0.118. The highest BCUT2D eigenvalue weighted by Crippen LogP contribution is 2.05. The predicted molar refractivity (Wildman–Crippen MR) is 71.7 cm³/mol. The van der Waals surface area contributed by atoms with Gasteiger partial charge >= 0.3 is 0 Å². The second-order valence-corrected chi connectivity index (χ2v) is 4.13. The van der Waals surface area contributed by atoms with Gasteiger partial charge in [0.05, 0.1) is 6.54 Å². The second-order valence-electron chi connectivity index (χ2n) is 4.13. The summed E-state index contributed by atoms with van der Waals surface area (Å²) in [6, 6.07) is 7.67. The van der Waals surface area contributed by atoms with E-state index in [1.165, 1.54) is 12.5 Å². The lowest BCUT2D eigenvalue weighted by Gasteiger charge is -2.05. The monoisotopic (exact) mass is 248 g/mol. The zero-order chi connectivity index (χ0) is 13.4. The zero-order valence-electron chi connectivity index (χ0n) is 11.0. The molecule has 4 nitrogen and oxygen atoms in total. The van der Waals surface area contributed by atoms with Crippen molar-refractivity contribution in [2.45, 2.75) is 20.3 Å². The number of nitrogens with one attached hydrogen (secondary N) is 2. The van der Waals surface area contributed by atoms with Crippen molar-refractivity contribution < 1.29 is 9.59 Å². The van der Waals surface area contributed by atoms with Gasteiger partial charge < -0.3 is 10.6 Å². The molecule has 0 radical (unpaired) electrons. The van der Waals surface area contributed by atoms with Crippen molar-refractivity contribution in [1.29, 1.82) is 0 Å². The minimum Gasteiger partial charge on any atom is -0.355 e. The Balaban J connectivity index is 2.29. The molecule has 0 aliphatic rings. The van der Waals surface area contributed by atoms with E-state index in [1.807, 2.05) is 24.3 Å². The molecule has 0 aromatic heterocycles. The average molecular weight is 248 g/mol. The largest absolute Gasteiger partial charge is 0.355 e. The number of ketones is 1. The van der Waals surface area contributed by atoms with Crippen molar-refractivity contribution in [2.24, 2.45) is 0 Å². The smallest absolute Gasteiger partial charge is 0.216 e. The third-order valence-corrected chi connectivity index (χ3v) is 2.65. The first-order valence-electron chi connectivity index (χ1n) is 6.20. The fourth-order valence-corrected chi connectivity index (χ4v) is 1.56. The van der Waals surface area contributed by atoms with Crippen LogP contribution < -0.4 is 10.6 Å². The molecule has 1 aromatic carbocycles. The van der Waals surface area contributed by atoms with Gasteiger partial charge in [-0.05, 0) is 12.0 Å². The van der Waals surface area contributed by atoms with Crippen molar-refractivity contribution >= 4 is 11.7 Å². The molecule has 1 amide bonds. The Hall–Kier alpha value is -1.68. The maximum atomic E-state index is 11.8. The van der Waals surface area contributed by atoms with Gasteiger partial charge in [0.15, 0.2) is 5.78 Å². The first-order chi connectivity index (χ1) is 8.63. The summed E-state index contributed by atoms with van der Waals surface area (Å²) < 4.78 is 0. The third kappa shape index (κ3) is 5.10. The highest BCUT2D eigenvalue weighted by Gasteiger charge is 2.04. The summed E-state index contributed by atoms with van der Waals surface area (Å²) in [6.45, 7) is 4.99. The molecule has 2 N–H and O–H groups in total. The molecule has 0 fully saturated rings. The van der Waals surface area contributed by atoms with E-state index in [4.69, 9.17) is 0 Å². The van der Waals surface area contributed by atoms with Crippen LogP contribution in [0, 0.1) is 0 Å². The number of aryl methyl sites for hydroxylation is 1. The van der Waals surface area contributed by atoms with Crippen LogP contribution in [0.25, 0.3) is 0 Å². The molecule has 0 atom stereocenters. The summed E-state index contributed by atoms with van der Waals surface area (Å²) in [6.07, 6.45) is 0.976. The highest BCUT2D eigenvalue weighted by atomic mass is 16.1. The summed E-state index contributed by atoms with van der Waals surface area (Å²) in [4.78, 5) is 22.4. The molecule has 0 bridgehead atoms. The van der Waals surface area contributed by atoms with E-state index in [0.29, 0.717) is 19.6 Å². The maximum absolute atomic E-state index is 11.8. The van der Waals surface area contributed by atoms with Crippen LogP contribution in [0.4, 0.5) is 0 Å².